The summed E-state index contributed by atoms with van der Waals surface area (Å²) in [5.41, 5.74) is 0.266. The second-order valence-corrected chi connectivity index (χ2v) is 17.9. The Bertz CT molecular complexity index is 1150. The molecule has 12 atom stereocenters. The van der Waals surface area contributed by atoms with Gasteiger partial charge in [0, 0.05) is 34.6 Å². The van der Waals surface area contributed by atoms with Gasteiger partial charge in [-0.3, -0.25) is 9.69 Å². The van der Waals surface area contributed by atoms with Gasteiger partial charge in [-0.1, -0.05) is 20.8 Å². The minimum Gasteiger partial charge on any atom is -0.457 e. The van der Waals surface area contributed by atoms with Crippen molar-refractivity contribution in [3.63, 3.8) is 0 Å². The molecule has 0 amide bonds. The Balaban J connectivity index is 0.00000386. The fourth-order valence-electron chi connectivity index (χ4n) is 13.0. The second kappa shape index (κ2) is 11.9. The molecule has 0 bridgehead atoms. The van der Waals surface area contributed by atoms with Gasteiger partial charge in [-0.15, -0.1) is 0 Å². The molecule has 0 aromatic rings. The number of aliphatic hydroxyl groups is 1. The zero-order valence-electron chi connectivity index (χ0n) is 29.9. The summed E-state index contributed by atoms with van der Waals surface area (Å²) in [4.78, 5) is 14.4. The Kier molecular flexibility index (Phi) is 8.75. The van der Waals surface area contributed by atoms with Crippen molar-refractivity contribution < 1.29 is 35.0 Å². The minimum absolute atomic E-state index is 0. The van der Waals surface area contributed by atoms with Crippen molar-refractivity contribution in [1.82, 2.24) is 4.90 Å². The zero-order chi connectivity index (χ0) is 32.7. The first-order chi connectivity index (χ1) is 21.7. The molecule has 1 N–H and O–H groups in total. The van der Waals surface area contributed by atoms with Gasteiger partial charge in [0.2, 0.25) is 0 Å². The van der Waals surface area contributed by atoms with Crippen LogP contribution in [-0.4, -0.2) is 91.7 Å². The average molecular weight is 648 g/mol. The van der Waals surface area contributed by atoms with Crippen LogP contribution in [0.25, 0.3) is 0 Å². The van der Waals surface area contributed by atoms with Gasteiger partial charge in [0.05, 0.1) is 37.1 Å². The number of nitrogens with zero attached hydrogens (tertiary/aromatic N) is 1. The van der Waals surface area contributed by atoms with Crippen molar-refractivity contribution in [3.8, 4) is 0 Å². The lowest BCUT2D eigenvalue weighted by atomic mass is 9.46. The predicted molar refractivity (Wildman–Crippen MR) is 177 cm³/mol. The number of rotatable bonds is 9. The van der Waals surface area contributed by atoms with E-state index in [-0.39, 0.29) is 37.4 Å². The highest BCUT2D eigenvalue weighted by Crippen LogP contribution is 2.87. The third kappa shape index (κ3) is 5.33. The number of morpholine rings is 1. The average Bonchev–Trinajstić information content (AvgIpc) is 3.57. The van der Waals surface area contributed by atoms with Gasteiger partial charge in [0.1, 0.15) is 0 Å². The van der Waals surface area contributed by atoms with Crippen LogP contribution in [-0.2, 0) is 28.5 Å². The normalized spacial score (nSPS) is 47.0. The van der Waals surface area contributed by atoms with Crippen molar-refractivity contribution >= 4 is 5.97 Å². The Morgan fingerprint density at radius 1 is 1.04 bits per heavy atom. The Morgan fingerprint density at radius 3 is 2.57 bits per heavy atom. The number of hydrogen-bond donors (Lipinski definition) is 1. The van der Waals surface area contributed by atoms with E-state index in [1.165, 1.54) is 45.4 Å². The third-order valence-corrected chi connectivity index (χ3v) is 15.1. The summed E-state index contributed by atoms with van der Waals surface area (Å²) in [6, 6.07) is 0. The molecule has 2 spiro atoms. The highest BCUT2D eigenvalue weighted by Gasteiger charge is 2.80. The molecule has 264 valence electrons. The lowest BCUT2D eigenvalue weighted by Gasteiger charge is -2.60. The maximum Gasteiger partial charge on any atom is 0.303 e. The fraction of sp³-hybridized carbons (Fsp3) is 0.974. The molecule has 8 nitrogen and oxygen atoms in total. The Labute approximate surface area is 279 Å². The summed E-state index contributed by atoms with van der Waals surface area (Å²) in [7, 11) is 0. The van der Waals surface area contributed by atoms with Crippen molar-refractivity contribution in [2.75, 3.05) is 39.5 Å². The summed E-state index contributed by atoms with van der Waals surface area (Å²) in [6.45, 7) is 19.6. The maximum absolute atomic E-state index is 12.0. The quantitative estimate of drug-likeness (QED) is 0.233. The van der Waals surface area contributed by atoms with Crippen molar-refractivity contribution in [2.24, 2.45) is 45.3 Å². The number of fused-ring (bicyclic) bond motifs is 4. The minimum atomic E-state index is -1.14. The standard InChI is InChI=1S/C38H63NO7.H2/c1-8-42-19-17-39-18-20-43-32(22-39)46-31-13-14-38-23-37(38)16-15-36(7)26-9-11-28(33(35(5,6)41)44-24(2)40)45-29(26)21-27(36)25(37)10-12-30(38)34(31,3)4;/h25-33,41H,8-23H2,1-7H3;1H/t25?,26?,27?,28?,29?,30?,31-,32?,33-,36?,37?,38?;/m0./s1. The molecule has 2 aliphatic heterocycles. The monoisotopic (exact) mass is 647 g/mol. The maximum atomic E-state index is 12.0. The van der Waals surface area contributed by atoms with E-state index < -0.39 is 11.7 Å². The highest BCUT2D eigenvalue weighted by atomic mass is 16.7. The molecule has 0 aromatic carbocycles. The van der Waals surface area contributed by atoms with Crippen LogP contribution >= 0.6 is 0 Å². The Morgan fingerprint density at radius 2 is 1.83 bits per heavy atom. The summed E-state index contributed by atoms with van der Waals surface area (Å²) in [5.74, 6) is 2.39. The third-order valence-electron chi connectivity index (χ3n) is 15.1. The van der Waals surface area contributed by atoms with E-state index in [0.29, 0.717) is 34.0 Å². The number of carbonyl (C=O) groups excluding carboxylic acids is 1. The van der Waals surface area contributed by atoms with E-state index in [1.54, 1.807) is 13.8 Å². The fourth-order valence-corrected chi connectivity index (χ4v) is 13.0. The molecule has 2 saturated heterocycles. The Hall–Kier alpha value is -0.770. The van der Waals surface area contributed by atoms with Gasteiger partial charge in [-0.2, -0.15) is 0 Å². The van der Waals surface area contributed by atoms with Crippen LogP contribution in [0.3, 0.4) is 0 Å². The predicted octanol–water partition coefficient (Wildman–Crippen LogP) is 6.22. The van der Waals surface area contributed by atoms with E-state index >= 15 is 0 Å². The topological polar surface area (TPSA) is 86.7 Å². The molecule has 7 aliphatic rings. The van der Waals surface area contributed by atoms with Gasteiger partial charge in [0.25, 0.3) is 0 Å². The van der Waals surface area contributed by atoms with E-state index in [2.05, 4.69) is 32.6 Å². The van der Waals surface area contributed by atoms with Crippen LogP contribution in [0.15, 0.2) is 0 Å². The number of hydrogen-bond acceptors (Lipinski definition) is 8. The first-order valence-corrected chi connectivity index (χ1v) is 18.9. The van der Waals surface area contributed by atoms with Crippen LogP contribution < -0.4 is 0 Å². The van der Waals surface area contributed by atoms with Gasteiger partial charge in [-0.25, -0.2) is 0 Å². The molecule has 5 saturated carbocycles. The van der Waals surface area contributed by atoms with Crippen molar-refractivity contribution in [2.45, 2.75) is 149 Å². The molecular formula is C38H65NO7. The molecule has 8 heteroatoms. The lowest BCUT2D eigenvalue weighted by molar-refractivity contribution is -0.245. The SMILES string of the molecule is CCOCCN1CCOC(O[C@H]2CCC34CC35CCC3(C)C6CCC([C@H](OC(C)=O)C(C)(C)O)OC6CC3C5CCC4C2(C)C)C1.[HH]. The van der Waals surface area contributed by atoms with Crippen LogP contribution in [0.2, 0.25) is 0 Å². The van der Waals surface area contributed by atoms with Crippen molar-refractivity contribution in [1.29, 1.82) is 0 Å². The summed E-state index contributed by atoms with van der Waals surface area (Å²) in [5, 5.41) is 10.9. The van der Waals surface area contributed by atoms with Crippen LogP contribution in [0.4, 0.5) is 0 Å². The largest absolute Gasteiger partial charge is 0.457 e. The van der Waals surface area contributed by atoms with Crippen molar-refractivity contribution in [3.05, 3.63) is 0 Å². The van der Waals surface area contributed by atoms with Gasteiger partial charge >= 0.3 is 5.97 Å². The molecular weight excluding hydrogens is 582 g/mol. The molecule has 0 aromatic heterocycles. The van der Waals surface area contributed by atoms with E-state index in [4.69, 9.17) is 23.7 Å². The molecule has 7 fully saturated rings. The van der Waals surface area contributed by atoms with Gasteiger partial charge in [-0.05, 0) is 130 Å². The van der Waals surface area contributed by atoms with E-state index in [0.717, 1.165) is 71.1 Å². The van der Waals surface area contributed by atoms with Crippen LogP contribution in [0, 0.1) is 45.3 Å². The van der Waals surface area contributed by atoms with E-state index in [9.17, 15) is 9.90 Å². The molecule has 0 radical (unpaired) electrons. The van der Waals surface area contributed by atoms with Gasteiger partial charge < -0.3 is 28.8 Å². The molecule has 5 aliphatic carbocycles. The van der Waals surface area contributed by atoms with E-state index in [1.807, 2.05) is 0 Å². The second-order valence-electron chi connectivity index (χ2n) is 17.9. The first kappa shape index (κ1) is 33.7. The first-order valence-electron chi connectivity index (χ1n) is 18.9. The van der Waals surface area contributed by atoms with Crippen LogP contribution in [0.1, 0.15) is 114 Å². The summed E-state index contributed by atoms with van der Waals surface area (Å²) < 4.78 is 31.2. The summed E-state index contributed by atoms with van der Waals surface area (Å²) in [6.07, 6.45) is 11.7. The highest BCUT2D eigenvalue weighted by molar-refractivity contribution is 5.66. The smallest absolute Gasteiger partial charge is 0.303 e. The number of carbonyl (C=O) groups is 1. The zero-order valence-corrected chi connectivity index (χ0v) is 29.9. The molecule has 10 unspecified atom stereocenters. The molecule has 2 heterocycles. The lowest BCUT2D eigenvalue weighted by Crippen LogP contribution is -2.56. The number of esters is 1. The molecule has 46 heavy (non-hydrogen) atoms. The van der Waals surface area contributed by atoms with Crippen LogP contribution in [0.5, 0.6) is 0 Å². The van der Waals surface area contributed by atoms with Gasteiger partial charge in [0.15, 0.2) is 12.4 Å². The number of ether oxygens (including phenoxy) is 5. The summed E-state index contributed by atoms with van der Waals surface area (Å²) >= 11 is 0. The molecule has 7 rings (SSSR count).